The lowest BCUT2D eigenvalue weighted by molar-refractivity contribution is -0.155. The predicted octanol–water partition coefficient (Wildman–Crippen LogP) is 6.00. The first-order valence-corrected chi connectivity index (χ1v) is 14.6. The maximum atomic E-state index is 14.3. The first-order chi connectivity index (χ1) is 19.3. The number of hydrogen-bond acceptors (Lipinski definition) is 7. The van der Waals surface area contributed by atoms with E-state index in [4.69, 9.17) is 20.9 Å². The number of ether oxygens (including phenoxy) is 2. The van der Waals surface area contributed by atoms with Crippen molar-refractivity contribution in [3.8, 4) is 11.1 Å². The van der Waals surface area contributed by atoms with Crippen LogP contribution in [0, 0.1) is 0 Å². The van der Waals surface area contributed by atoms with Crippen molar-refractivity contribution in [1.29, 1.82) is 0 Å². The summed E-state index contributed by atoms with van der Waals surface area (Å²) in [4.78, 5) is 39.6. The third-order valence-electron chi connectivity index (χ3n) is 6.50. The van der Waals surface area contributed by atoms with E-state index in [0.717, 1.165) is 28.7 Å². The number of Topliss-reactive ketones (excluding diaryl/α,β-unsaturated/α-hetero) is 1. The number of benzene rings is 2. The lowest BCUT2D eigenvalue weighted by Gasteiger charge is -2.28. The number of amides is 1. The third-order valence-corrected chi connectivity index (χ3v) is 6.50. The van der Waals surface area contributed by atoms with Crippen LogP contribution in [0.5, 0.6) is 0 Å². The fraction of sp³-hybridized carbons (Fsp3) is 0.545. The highest BCUT2D eigenvalue weighted by atomic mass is 16.6. The third kappa shape index (κ3) is 11.7. The molecular weight excluding hydrogens is 518 g/mol. The van der Waals surface area contributed by atoms with Gasteiger partial charge in [-0.05, 0) is 102 Å². The number of alkyl carbamates (subject to hydrolysis) is 1. The number of nitrogens with two attached hydrogens (primary N) is 2. The van der Waals surface area contributed by atoms with E-state index in [0.29, 0.717) is 32.2 Å². The van der Waals surface area contributed by atoms with Gasteiger partial charge in [0.05, 0.1) is 6.04 Å². The highest BCUT2D eigenvalue weighted by Crippen LogP contribution is 2.34. The minimum absolute atomic E-state index is 0.142. The highest BCUT2D eigenvalue weighted by molar-refractivity contribution is 5.93. The van der Waals surface area contributed by atoms with Gasteiger partial charge >= 0.3 is 12.1 Å². The molecule has 0 spiro atoms. The molecule has 5 N–H and O–H groups in total. The molecule has 0 aliphatic heterocycles. The van der Waals surface area contributed by atoms with Crippen molar-refractivity contribution in [2.75, 3.05) is 6.54 Å². The molecule has 0 bridgehead atoms. The molecule has 8 nitrogen and oxygen atoms in total. The van der Waals surface area contributed by atoms with Gasteiger partial charge in [-0.2, -0.15) is 0 Å². The molecule has 0 heterocycles. The van der Waals surface area contributed by atoms with Gasteiger partial charge in [0.2, 0.25) is 0 Å². The minimum Gasteiger partial charge on any atom is -0.460 e. The largest absolute Gasteiger partial charge is 0.460 e. The van der Waals surface area contributed by atoms with E-state index < -0.39 is 29.3 Å². The van der Waals surface area contributed by atoms with Crippen LogP contribution in [0.15, 0.2) is 48.5 Å². The molecule has 0 saturated carbocycles. The number of unbranched alkanes of at least 4 members (excludes halogenated alkanes) is 1. The lowest BCUT2D eigenvalue weighted by Crippen LogP contribution is -2.45. The Morgan fingerprint density at radius 1 is 0.805 bits per heavy atom. The summed E-state index contributed by atoms with van der Waals surface area (Å²) in [7, 11) is 0. The summed E-state index contributed by atoms with van der Waals surface area (Å²) in [5.74, 6) is -1.05. The molecule has 0 fully saturated rings. The Morgan fingerprint density at radius 3 is 2.05 bits per heavy atom. The van der Waals surface area contributed by atoms with Crippen LogP contribution in [0.1, 0.15) is 97.1 Å². The summed E-state index contributed by atoms with van der Waals surface area (Å²) < 4.78 is 11.0. The van der Waals surface area contributed by atoms with Crippen molar-refractivity contribution in [1.82, 2.24) is 5.32 Å². The zero-order chi connectivity index (χ0) is 30.6. The van der Waals surface area contributed by atoms with E-state index in [1.54, 1.807) is 20.8 Å². The Kier molecular flexibility index (Phi) is 13.0. The summed E-state index contributed by atoms with van der Waals surface area (Å²) in [6.45, 7) is 11.5. The smallest absolute Gasteiger partial charge is 0.408 e. The van der Waals surface area contributed by atoms with Crippen LogP contribution in [-0.4, -0.2) is 41.6 Å². The van der Waals surface area contributed by atoms with Crippen LogP contribution in [0.4, 0.5) is 4.79 Å². The Hall–Kier alpha value is -3.23. The molecule has 0 aliphatic rings. The number of esters is 1. The molecule has 0 saturated heterocycles. The molecule has 0 aliphatic carbocycles. The summed E-state index contributed by atoms with van der Waals surface area (Å²) in [6, 6.07) is 15.0. The molecule has 226 valence electrons. The fourth-order valence-corrected chi connectivity index (χ4v) is 4.81. The molecule has 2 aromatic rings. The number of carbonyl (C=O) groups is 3. The second kappa shape index (κ2) is 15.7. The molecule has 0 radical (unpaired) electrons. The summed E-state index contributed by atoms with van der Waals surface area (Å²) >= 11 is 0. The number of nitrogens with one attached hydrogen (secondary N) is 1. The number of hydrogen-bond donors (Lipinski definition) is 3. The molecule has 8 heteroatoms. The van der Waals surface area contributed by atoms with Crippen molar-refractivity contribution in [2.45, 2.75) is 110 Å². The first kappa shape index (κ1) is 34.0. The molecule has 0 aromatic heterocycles. The normalized spacial score (nSPS) is 13.3. The predicted molar refractivity (Wildman–Crippen MR) is 163 cm³/mol. The molecule has 2 aromatic carbocycles. The molecule has 2 rings (SSSR count). The monoisotopic (exact) mass is 567 g/mol. The van der Waals surface area contributed by atoms with Crippen LogP contribution < -0.4 is 16.8 Å². The second-order valence-corrected chi connectivity index (χ2v) is 12.4. The highest BCUT2D eigenvalue weighted by Gasteiger charge is 2.32. The molecule has 41 heavy (non-hydrogen) atoms. The quantitative estimate of drug-likeness (QED) is 0.188. The van der Waals surface area contributed by atoms with Crippen molar-refractivity contribution in [2.24, 2.45) is 11.5 Å². The minimum atomic E-state index is -0.783. The average Bonchev–Trinajstić information content (AvgIpc) is 2.88. The van der Waals surface area contributed by atoms with Gasteiger partial charge in [-0.25, -0.2) is 4.79 Å². The zero-order valence-corrected chi connectivity index (χ0v) is 25.6. The molecule has 1 amide bonds. The van der Waals surface area contributed by atoms with Crippen molar-refractivity contribution >= 4 is 17.8 Å². The van der Waals surface area contributed by atoms with Gasteiger partial charge < -0.3 is 26.3 Å². The lowest BCUT2D eigenvalue weighted by atomic mass is 9.81. The van der Waals surface area contributed by atoms with Crippen LogP contribution >= 0.6 is 0 Å². The van der Waals surface area contributed by atoms with Crippen LogP contribution in [-0.2, 0) is 25.6 Å². The zero-order valence-electron chi connectivity index (χ0n) is 25.6. The number of ketones is 1. The van der Waals surface area contributed by atoms with Gasteiger partial charge in [0.1, 0.15) is 11.2 Å². The Balaban J connectivity index is 2.48. The first-order valence-electron chi connectivity index (χ1n) is 14.6. The Morgan fingerprint density at radius 2 is 1.46 bits per heavy atom. The van der Waals surface area contributed by atoms with Gasteiger partial charge in [0, 0.05) is 18.9 Å². The Bertz CT molecular complexity index is 1140. The molecule has 2 atom stereocenters. The maximum absolute atomic E-state index is 14.3. The standard InChI is InChI=1S/C33H49N3O5/c1-32(2,3)40-29(37)20-13-18-26(25-17-12-16-24(27(25)22-35)23-14-8-7-9-15-23)30(38)28(19-10-11-21-34)36-31(39)41-33(4,5)6/h7-9,12,14-17,26,28H,10-11,13,18-22,34-35H2,1-6H3,(H,36,39)/t26?,28-/m0/s1. The van der Waals surface area contributed by atoms with E-state index in [1.165, 1.54) is 0 Å². The van der Waals surface area contributed by atoms with E-state index in [2.05, 4.69) is 5.32 Å². The van der Waals surface area contributed by atoms with Gasteiger partial charge in [-0.15, -0.1) is 0 Å². The van der Waals surface area contributed by atoms with Gasteiger partial charge in [-0.3, -0.25) is 9.59 Å². The summed E-state index contributed by atoms with van der Waals surface area (Å²) in [6.07, 6.45) is 2.18. The van der Waals surface area contributed by atoms with E-state index in [-0.39, 0.29) is 24.7 Å². The number of rotatable bonds is 14. The summed E-state index contributed by atoms with van der Waals surface area (Å²) in [5.41, 5.74) is 14.4. The van der Waals surface area contributed by atoms with Crippen LogP contribution in [0.3, 0.4) is 0 Å². The number of carbonyl (C=O) groups excluding carboxylic acids is 3. The van der Waals surface area contributed by atoms with Crippen LogP contribution in [0.25, 0.3) is 11.1 Å². The maximum Gasteiger partial charge on any atom is 0.408 e. The molecule has 1 unspecified atom stereocenters. The van der Waals surface area contributed by atoms with Crippen molar-refractivity contribution in [3.05, 3.63) is 59.7 Å². The van der Waals surface area contributed by atoms with Crippen molar-refractivity contribution in [3.63, 3.8) is 0 Å². The van der Waals surface area contributed by atoms with Gasteiger partial charge in [0.25, 0.3) is 0 Å². The van der Waals surface area contributed by atoms with Crippen molar-refractivity contribution < 1.29 is 23.9 Å². The van der Waals surface area contributed by atoms with Gasteiger partial charge in [0.15, 0.2) is 5.78 Å². The fourth-order valence-electron chi connectivity index (χ4n) is 4.81. The Labute approximate surface area is 245 Å². The second-order valence-electron chi connectivity index (χ2n) is 12.4. The van der Waals surface area contributed by atoms with E-state index in [1.807, 2.05) is 69.3 Å². The average molecular weight is 568 g/mol. The topological polar surface area (TPSA) is 134 Å². The van der Waals surface area contributed by atoms with Gasteiger partial charge in [-0.1, -0.05) is 48.5 Å². The SMILES string of the molecule is CC(C)(C)OC(=O)CCCC(C(=O)[C@H](CCCCN)NC(=O)OC(C)(C)C)c1cccc(-c2ccccc2)c1CN. The summed E-state index contributed by atoms with van der Waals surface area (Å²) in [5, 5.41) is 2.82. The molecular formula is C33H49N3O5. The van der Waals surface area contributed by atoms with E-state index in [9.17, 15) is 14.4 Å². The van der Waals surface area contributed by atoms with E-state index >= 15 is 0 Å². The van der Waals surface area contributed by atoms with Crippen LogP contribution in [0.2, 0.25) is 0 Å².